The molecule has 0 aliphatic heterocycles. The molecule has 0 aliphatic carbocycles. The Kier molecular flexibility index (Phi) is 3.82. The molecule has 1 aromatic rings. The minimum Gasteiger partial charge on any atom is -0.508 e. The van der Waals surface area contributed by atoms with E-state index in [-0.39, 0.29) is 18.0 Å². The number of halogens is 3. The van der Waals surface area contributed by atoms with E-state index in [0.29, 0.717) is 0 Å². The van der Waals surface area contributed by atoms with Crippen LogP contribution in [0.1, 0.15) is 6.92 Å². The summed E-state index contributed by atoms with van der Waals surface area (Å²) in [5.41, 5.74) is 0.241. The molecular weight excluding hydrogens is 207 g/mol. The second-order valence-corrected chi connectivity index (χ2v) is 3.01. The number of phenolic OH excluding ortho intramolecular Hbond substituents is 1. The highest BCUT2D eigenvalue weighted by atomic mass is 19.3. The first-order valence-corrected chi connectivity index (χ1v) is 4.54. The van der Waals surface area contributed by atoms with Crippen molar-refractivity contribution in [2.45, 2.75) is 19.6 Å². The van der Waals surface area contributed by atoms with Crippen molar-refractivity contribution >= 4 is 5.69 Å². The van der Waals surface area contributed by atoms with Crippen molar-refractivity contribution in [2.24, 2.45) is 0 Å². The van der Waals surface area contributed by atoms with Crippen LogP contribution in [0, 0.1) is 0 Å². The molecule has 0 saturated heterocycles. The third kappa shape index (κ3) is 2.78. The Labute approximate surface area is 85.9 Å². The van der Waals surface area contributed by atoms with E-state index in [1.54, 1.807) is 6.92 Å². The maximum Gasteiger partial charge on any atom is 0.287 e. The molecule has 0 amide bonds. The van der Waals surface area contributed by atoms with Crippen LogP contribution in [-0.2, 0) is 0 Å². The van der Waals surface area contributed by atoms with Gasteiger partial charge < -0.3 is 10.0 Å². The average Bonchev–Trinajstić information content (AvgIpc) is 2.18. The van der Waals surface area contributed by atoms with E-state index in [0.717, 1.165) is 4.90 Å². The number of rotatable bonds is 4. The normalized spacial score (nSPS) is 12.9. The lowest BCUT2D eigenvalue weighted by Crippen LogP contribution is -2.36. The molecular formula is C10H12F3NO. The van der Waals surface area contributed by atoms with Gasteiger partial charge in [0, 0.05) is 18.3 Å². The van der Waals surface area contributed by atoms with Gasteiger partial charge in [0.25, 0.3) is 6.43 Å². The van der Waals surface area contributed by atoms with Gasteiger partial charge in [0.1, 0.15) is 5.75 Å². The minimum atomic E-state index is -3.06. The maximum atomic E-state index is 13.1. The predicted octanol–water partition coefficient (Wildman–Crippen LogP) is 2.78. The van der Waals surface area contributed by atoms with E-state index in [4.69, 9.17) is 5.11 Å². The van der Waals surface area contributed by atoms with Gasteiger partial charge in [-0.3, -0.25) is 0 Å². The SMILES string of the molecule is CCN(c1cccc(O)c1)C(F)C(F)F. The van der Waals surface area contributed by atoms with Crippen LogP contribution in [0.5, 0.6) is 5.75 Å². The third-order valence-corrected chi connectivity index (χ3v) is 2.01. The van der Waals surface area contributed by atoms with Crippen molar-refractivity contribution < 1.29 is 18.3 Å². The summed E-state index contributed by atoms with van der Waals surface area (Å²) >= 11 is 0. The van der Waals surface area contributed by atoms with Crippen LogP contribution in [0.4, 0.5) is 18.9 Å². The Morgan fingerprint density at radius 3 is 2.47 bits per heavy atom. The summed E-state index contributed by atoms with van der Waals surface area (Å²) in [5, 5.41) is 9.14. The number of hydrogen-bond donors (Lipinski definition) is 1. The number of phenols is 1. The molecule has 0 saturated carbocycles. The van der Waals surface area contributed by atoms with Gasteiger partial charge >= 0.3 is 0 Å². The van der Waals surface area contributed by atoms with Gasteiger partial charge in [0.2, 0.25) is 6.30 Å². The molecule has 2 nitrogen and oxygen atoms in total. The fourth-order valence-corrected chi connectivity index (χ4v) is 1.31. The van der Waals surface area contributed by atoms with E-state index in [9.17, 15) is 13.2 Å². The van der Waals surface area contributed by atoms with Crippen LogP contribution in [0.15, 0.2) is 24.3 Å². The maximum absolute atomic E-state index is 13.1. The summed E-state index contributed by atoms with van der Waals surface area (Å²) in [5.74, 6) is -0.0765. The van der Waals surface area contributed by atoms with Crippen LogP contribution in [0.2, 0.25) is 0 Å². The quantitative estimate of drug-likeness (QED) is 0.787. The zero-order valence-corrected chi connectivity index (χ0v) is 8.20. The molecule has 0 aromatic heterocycles. The lowest BCUT2D eigenvalue weighted by atomic mass is 10.2. The summed E-state index contributed by atoms with van der Waals surface area (Å²) in [6, 6.07) is 5.59. The van der Waals surface area contributed by atoms with Gasteiger partial charge in [-0.15, -0.1) is 0 Å². The van der Waals surface area contributed by atoms with Crippen LogP contribution in [0.3, 0.4) is 0 Å². The Bertz CT molecular complexity index is 319. The Hall–Kier alpha value is -1.39. The standard InChI is InChI=1S/C10H12F3NO/c1-2-14(10(13)9(11)12)7-4-3-5-8(15)6-7/h3-6,9-10,15H,2H2,1H3. The Balaban J connectivity index is 2.92. The molecule has 1 rings (SSSR count). The van der Waals surface area contributed by atoms with Crippen LogP contribution < -0.4 is 4.90 Å². The molecule has 1 N–H and O–H groups in total. The lowest BCUT2D eigenvalue weighted by molar-refractivity contribution is 0.0485. The number of anilines is 1. The molecule has 1 aromatic carbocycles. The second kappa shape index (κ2) is 4.91. The van der Waals surface area contributed by atoms with E-state index >= 15 is 0 Å². The zero-order valence-electron chi connectivity index (χ0n) is 8.20. The fraction of sp³-hybridized carbons (Fsp3) is 0.400. The van der Waals surface area contributed by atoms with Gasteiger partial charge in [0.15, 0.2) is 0 Å². The topological polar surface area (TPSA) is 23.5 Å². The average molecular weight is 219 g/mol. The van der Waals surface area contributed by atoms with E-state index < -0.39 is 12.7 Å². The molecule has 0 heterocycles. The third-order valence-electron chi connectivity index (χ3n) is 2.01. The fourth-order valence-electron chi connectivity index (χ4n) is 1.31. The first-order valence-electron chi connectivity index (χ1n) is 4.54. The van der Waals surface area contributed by atoms with Gasteiger partial charge in [0.05, 0.1) is 0 Å². The molecule has 0 bridgehead atoms. The number of alkyl halides is 3. The summed E-state index contributed by atoms with van der Waals surface area (Å²) < 4.78 is 37.4. The van der Waals surface area contributed by atoms with E-state index in [1.165, 1.54) is 24.3 Å². The molecule has 15 heavy (non-hydrogen) atoms. The number of benzene rings is 1. The first kappa shape index (κ1) is 11.7. The number of nitrogens with zero attached hydrogens (tertiary/aromatic N) is 1. The number of aromatic hydroxyl groups is 1. The van der Waals surface area contributed by atoms with Crippen molar-refractivity contribution in [3.63, 3.8) is 0 Å². The molecule has 0 fully saturated rings. The van der Waals surface area contributed by atoms with Crippen LogP contribution in [-0.4, -0.2) is 24.4 Å². The summed E-state index contributed by atoms with van der Waals surface area (Å²) in [6.07, 6.45) is -5.41. The predicted molar refractivity (Wildman–Crippen MR) is 52.0 cm³/mol. The molecule has 1 atom stereocenters. The summed E-state index contributed by atoms with van der Waals surface area (Å²) in [6.45, 7) is 1.67. The monoisotopic (exact) mass is 219 g/mol. The number of hydrogen-bond acceptors (Lipinski definition) is 2. The molecule has 1 unspecified atom stereocenters. The second-order valence-electron chi connectivity index (χ2n) is 3.01. The van der Waals surface area contributed by atoms with Gasteiger partial charge in [-0.2, -0.15) is 0 Å². The largest absolute Gasteiger partial charge is 0.508 e. The molecule has 0 aliphatic rings. The molecule has 84 valence electrons. The van der Waals surface area contributed by atoms with Crippen molar-refractivity contribution in [1.29, 1.82) is 0 Å². The smallest absolute Gasteiger partial charge is 0.287 e. The lowest BCUT2D eigenvalue weighted by Gasteiger charge is -2.26. The molecule has 0 spiro atoms. The van der Waals surface area contributed by atoms with E-state index in [1.807, 2.05) is 0 Å². The van der Waals surface area contributed by atoms with Gasteiger partial charge in [-0.1, -0.05) is 6.07 Å². The summed E-state index contributed by atoms with van der Waals surface area (Å²) in [7, 11) is 0. The highest BCUT2D eigenvalue weighted by Crippen LogP contribution is 2.24. The molecule has 5 heteroatoms. The zero-order chi connectivity index (χ0) is 11.4. The Morgan fingerprint density at radius 2 is 2.00 bits per heavy atom. The highest BCUT2D eigenvalue weighted by molar-refractivity contribution is 5.50. The van der Waals surface area contributed by atoms with Gasteiger partial charge in [-0.05, 0) is 19.1 Å². The van der Waals surface area contributed by atoms with Crippen molar-refractivity contribution in [2.75, 3.05) is 11.4 Å². The first-order chi connectivity index (χ1) is 7.06. The Morgan fingerprint density at radius 1 is 1.33 bits per heavy atom. The van der Waals surface area contributed by atoms with E-state index in [2.05, 4.69) is 0 Å². The van der Waals surface area contributed by atoms with Crippen molar-refractivity contribution in [1.82, 2.24) is 0 Å². The van der Waals surface area contributed by atoms with Crippen LogP contribution >= 0.6 is 0 Å². The minimum absolute atomic E-state index is 0.0765. The van der Waals surface area contributed by atoms with Crippen LogP contribution in [0.25, 0.3) is 0 Å². The molecule has 0 radical (unpaired) electrons. The van der Waals surface area contributed by atoms with Crippen molar-refractivity contribution in [3.05, 3.63) is 24.3 Å². The summed E-state index contributed by atoms with van der Waals surface area (Å²) in [4.78, 5) is 0.893. The van der Waals surface area contributed by atoms with Gasteiger partial charge in [-0.25, -0.2) is 13.2 Å². The highest BCUT2D eigenvalue weighted by Gasteiger charge is 2.26. The van der Waals surface area contributed by atoms with Crippen molar-refractivity contribution in [3.8, 4) is 5.75 Å².